The van der Waals surface area contributed by atoms with Crippen LogP contribution in [0.4, 0.5) is 0 Å². The Labute approximate surface area is 438 Å². The van der Waals surface area contributed by atoms with E-state index in [1.54, 1.807) is 0 Å². The van der Waals surface area contributed by atoms with Crippen molar-refractivity contribution < 1.29 is 0 Å². The number of benzene rings is 11. The third-order valence-corrected chi connectivity index (χ3v) is 18.9. The zero-order valence-electron chi connectivity index (χ0n) is 40.2. The van der Waals surface area contributed by atoms with Crippen molar-refractivity contribution in [3.63, 3.8) is 0 Å². The first kappa shape index (κ1) is 41.9. The molecule has 0 radical (unpaired) electrons. The van der Waals surface area contributed by atoms with Gasteiger partial charge in [0.15, 0.2) is 0 Å². The Kier molecular flexibility index (Phi) is 9.01. The zero-order chi connectivity index (χ0) is 48.5. The largest absolute Gasteiger partial charge is 0.135 e. The summed E-state index contributed by atoms with van der Waals surface area (Å²) in [5, 5.41) is 5.06. The van der Waals surface area contributed by atoms with E-state index >= 15 is 0 Å². The highest BCUT2D eigenvalue weighted by atomic mass is 32.1. The molecule has 3 aliphatic rings. The monoisotopic (exact) mass is 972 g/mol. The van der Waals surface area contributed by atoms with E-state index in [1.165, 1.54) is 141 Å². The maximum Gasteiger partial charge on any atom is 0.0720 e. The maximum atomic E-state index is 2.60. The number of hydrogen-bond acceptors (Lipinski definition) is 2. The molecule has 0 bridgehead atoms. The molecule has 0 N–H and O–H groups in total. The lowest BCUT2D eigenvalue weighted by molar-refractivity contribution is 0.633. The molecule has 0 nitrogen and oxygen atoms in total. The average Bonchev–Trinajstić information content (AvgIpc) is 4.28. The molecule has 11 aromatic carbocycles. The van der Waals surface area contributed by atoms with Crippen LogP contribution >= 0.6 is 22.7 Å². The molecule has 0 fully saturated rings. The van der Waals surface area contributed by atoms with Gasteiger partial charge in [-0.1, -0.05) is 231 Å². The Balaban J connectivity index is 1.000. The number of rotatable bonds is 5. The molecule has 2 spiro atoms. The van der Waals surface area contributed by atoms with Gasteiger partial charge in [0.2, 0.25) is 0 Å². The molecule has 2 aromatic heterocycles. The van der Waals surface area contributed by atoms with Crippen molar-refractivity contribution in [3.8, 4) is 75.1 Å². The molecular formula is C72H44S2. The predicted molar refractivity (Wildman–Crippen MR) is 313 cm³/mol. The minimum atomic E-state index is -0.571. The van der Waals surface area contributed by atoms with Gasteiger partial charge >= 0.3 is 0 Å². The molecule has 344 valence electrons. The first-order valence-electron chi connectivity index (χ1n) is 25.6. The van der Waals surface area contributed by atoms with Gasteiger partial charge < -0.3 is 0 Å². The number of fused-ring (bicyclic) bond motifs is 18. The molecule has 74 heavy (non-hydrogen) atoms. The Morgan fingerprint density at radius 3 is 1.03 bits per heavy atom. The van der Waals surface area contributed by atoms with Crippen LogP contribution in [0.3, 0.4) is 0 Å². The van der Waals surface area contributed by atoms with Crippen LogP contribution in [-0.2, 0) is 10.8 Å². The Morgan fingerprint density at radius 1 is 0.203 bits per heavy atom. The summed E-state index contributed by atoms with van der Waals surface area (Å²) in [5.74, 6) is 0. The van der Waals surface area contributed by atoms with Crippen molar-refractivity contribution in [3.05, 3.63) is 311 Å². The fraction of sp³-hybridized carbons (Fsp3) is 0.0278. The number of hydrogen-bond donors (Lipinski definition) is 0. The van der Waals surface area contributed by atoms with E-state index in [1.807, 2.05) is 22.7 Å². The lowest BCUT2D eigenvalue weighted by Crippen LogP contribution is -2.43. The standard InChI is InChI=1S/C72H44S2/c1-3-19-45(20-4-1)65-39-41-67(73-65)69-53-27-7-8-28-54(53)70(68-42-40-66(74-68)46-21-5-2-6-22-46)56-43-47(35-37-55(56)69)48-36-38-63-64(44-48)72(59-31-15-11-25-51(59)52-26-12-16-32-60(52)72)62-34-18-17-33-61(62)71(63)57-29-13-9-23-49(57)50-24-10-14-30-58(50)71/h1-44H. The summed E-state index contributed by atoms with van der Waals surface area (Å²) in [4.78, 5) is 5.08. The first-order valence-corrected chi connectivity index (χ1v) is 27.3. The molecule has 0 amide bonds. The second-order valence-corrected chi connectivity index (χ2v) is 22.3. The van der Waals surface area contributed by atoms with Crippen molar-refractivity contribution in [1.82, 2.24) is 0 Å². The van der Waals surface area contributed by atoms with E-state index in [0.717, 1.165) is 0 Å². The zero-order valence-corrected chi connectivity index (χ0v) is 41.9. The average molecular weight is 973 g/mol. The summed E-state index contributed by atoms with van der Waals surface area (Å²) in [6.45, 7) is 0. The van der Waals surface area contributed by atoms with Gasteiger partial charge in [0.05, 0.1) is 10.8 Å². The molecule has 2 heteroatoms. The van der Waals surface area contributed by atoms with E-state index < -0.39 is 10.8 Å². The van der Waals surface area contributed by atoms with Crippen LogP contribution < -0.4 is 0 Å². The summed E-state index contributed by atoms with van der Waals surface area (Å²) in [6, 6.07) is 101. The first-order chi connectivity index (χ1) is 36.7. The predicted octanol–water partition coefficient (Wildman–Crippen LogP) is 19.5. The molecule has 0 unspecified atom stereocenters. The molecule has 0 atom stereocenters. The molecule has 3 aliphatic carbocycles. The highest BCUT2D eigenvalue weighted by Gasteiger charge is 2.59. The van der Waals surface area contributed by atoms with E-state index in [2.05, 4.69) is 267 Å². The summed E-state index contributed by atoms with van der Waals surface area (Å²) >= 11 is 3.77. The van der Waals surface area contributed by atoms with Crippen LogP contribution in [0.15, 0.2) is 267 Å². The van der Waals surface area contributed by atoms with Gasteiger partial charge in [-0.25, -0.2) is 0 Å². The fourth-order valence-corrected chi connectivity index (χ4v) is 15.9. The van der Waals surface area contributed by atoms with Gasteiger partial charge in [-0.05, 0) is 147 Å². The second-order valence-electron chi connectivity index (χ2n) is 20.1. The topological polar surface area (TPSA) is 0 Å². The molecule has 13 aromatic rings. The van der Waals surface area contributed by atoms with Crippen molar-refractivity contribution in [1.29, 1.82) is 0 Å². The highest BCUT2D eigenvalue weighted by molar-refractivity contribution is 7.19. The molecule has 0 saturated heterocycles. The van der Waals surface area contributed by atoms with Gasteiger partial charge in [-0.2, -0.15) is 0 Å². The van der Waals surface area contributed by atoms with Gasteiger partial charge in [0.1, 0.15) is 0 Å². The normalized spacial score (nSPS) is 13.9. The van der Waals surface area contributed by atoms with Crippen LogP contribution in [0.25, 0.3) is 96.7 Å². The lowest BCUT2D eigenvalue weighted by Gasteiger charge is -2.49. The Bertz CT molecular complexity index is 4340. The lowest BCUT2D eigenvalue weighted by atomic mass is 9.52. The van der Waals surface area contributed by atoms with Crippen LogP contribution in [-0.4, -0.2) is 0 Å². The summed E-state index contributed by atoms with van der Waals surface area (Å²) < 4.78 is 0. The van der Waals surface area contributed by atoms with Crippen molar-refractivity contribution in [2.75, 3.05) is 0 Å². The molecule has 16 rings (SSSR count). The fourth-order valence-electron chi connectivity index (χ4n) is 13.8. The van der Waals surface area contributed by atoms with E-state index in [4.69, 9.17) is 0 Å². The maximum absolute atomic E-state index is 2.60. The van der Waals surface area contributed by atoms with E-state index in [9.17, 15) is 0 Å². The van der Waals surface area contributed by atoms with Gasteiger partial charge in [0, 0.05) is 30.6 Å². The van der Waals surface area contributed by atoms with Gasteiger partial charge in [0.25, 0.3) is 0 Å². The van der Waals surface area contributed by atoms with Crippen molar-refractivity contribution >= 4 is 44.2 Å². The molecular weight excluding hydrogens is 929 g/mol. The third kappa shape index (κ3) is 5.62. The summed E-state index contributed by atoms with van der Waals surface area (Å²) in [6.07, 6.45) is 0. The van der Waals surface area contributed by atoms with E-state index in [0.29, 0.717) is 0 Å². The Morgan fingerprint density at radius 2 is 0.541 bits per heavy atom. The van der Waals surface area contributed by atoms with Crippen molar-refractivity contribution in [2.24, 2.45) is 0 Å². The summed E-state index contributed by atoms with van der Waals surface area (Å²) in [5.41, 5.74) is 22.4. The Hall–Kier alpha value is -8.66. The molecule has 2 heterocycles. The second kappa shape index (κ2) is 15.9. The van der Waals surface area contributed by atoms with Gasteiger partial charge in [-0.15, -0.1) is 22.7 Å². The van der Waals surface area contributed by atoms with Crippen LogP contribution in [0.2, 0.25) is 0 Å². The smallest absolute Gasteiger partial charge is 0.0720 e. The highest BCUT2D eigenvalue weighted by Crippen LogP contribution is 2.67. The van der Waals surface area contributed by atoms with Crippen molar-refractivity contribution in [2.45, 2.75) is 10.8 Å². The minimum absolute atomic E-state index is 0.533. The van der Waals surface area contributed by atoms with Crippen LogP contribution in [0.1, 0.15) is 44.5 Å². The summed E-state index contributed by atoms with van der Waals surface area (Å²) in [7, 11) is 0. The minimum Gasteiger partial charge on any atom is -0.135 e. The van der Waals surface area contributed by atoms with Crippen LogP contribution in [0, 0.1) is 0 Å². The van der Waals surface area contributed by atoms with E-state index in [-0.39, 0.29) is 0 Å². The SMILES string of the molecule is c1ccc(-c2ccc(-c3c4ccccc4c(-c4ccc(-c5ccccc5)s4)c4cc(-c5ccc6c(c5)C5(c7ccccc7-c7ccccc75)c5ccccc5C65c6ccccc6-c6ccccc65)ccc34)s2)cc1. The van der Waals surface area contributed by atoms with Crippen LogP contribution in [0.5, 0.6) is 0 Å². The number of thiophene rings is 2. The molecule has 0 aliphatic heterocycles. The quantitative estimate of drug-likeness (QED) is 0.151. The van der Waals surface area contributed by atoms with Gasteiger partial charge in [-0.3, -0.25) is 0 Å². The third-order valence-electron chi connectivity index (χ3n) is 16.6. The molecule has 0 saturated carbocycles.